The fourth-order valence-electron chi connectivity index (χ4n) is 3.40. The zero-order chi connectivity index (χ0) is 23.9. The number of amides is 2. The van der Waals surface area contributed by atoms with Crippen molar-refractivity contribution in [3.05, 3.63) is 83.3 Å². The van der Waals surface area contributed by atoms with Gasteiger partial charge in [0.05, 0.1) is 17.6 Å². The molecule has 176 valence electrons. The van der Waals surface area contributed by atoms with Crippen LogP contribution < -0.4 is 10.9 Å². The quantitative estimate of drug-likeness (QED) is 0.244. The van der Waals surface area contributed by atoms with Crippen molar-refractivity contribution in [1.29, 1.82) is 0 Å². The maximum Gasteiger partial charge on any atom is 0.305 e. The molecular weight excluding hydrogens is 450 g/mol. The molecule has 0 aliphatic carbocycles. The van der Waals surface area contributed by atoms with E-state index in [4.69, 9.17) is 4.42 Å². The predicted octanol–water partition coefficient (Wildman–Crippen LogP) is 4.36. The van der Waals surface area contributed by atoms with Gasteiger partial charge in [-0.15, -0.1) is 0 Å². The summed E-state index contributed by atoms with van der Waals surface area (Å²) in [4.78, 5) is 34.8. The number of imidazole rings is 1. The number of carbonyl (C=O) groups is 2. The molecule has 34 heavy (non-hydrogen) atoms. The molecule has 2 heterocycles. The van der Waals surface area contributed by atoms with Crippen molar-refractivity contribution in [3.63, 3.8) is 0 Å². The second-order valence-corrected chi connectivity index (χ2v) is 8.64. The highest BCUT2D eigenvalue weighted by Crippen LogP contribution is 2.23. The first-order chi connectivity index (χ1) is 16.6. The summed E-state index contributed by atoms with van der Waals surface area (Å²) >= 11 is 1.60. The van der Waals surface area contributed by atoms with E-state index in [9.17, 15) is 9.59 Å². The van der Waals surface area contributed by atoms with Gasteiger partial charge < -0.3 is 9.40 Å². The highest BCUT2D eigenvalue weighted by molar-refractivity contribution is 7.98. The zero-order valence-electron chi connectivity index (χ0n) is 19.1. The minimum Gasteiger partial charge on any atom is -0.454 e. The maximum atomic E-state index is 12.4. The maximum absolute atomic E-state index is 12.4. The van der Waals surface area contributed by atoms with Gasteiger partial charge in [0.25, 0.3) is 5.91 Å². The first-order valence-electron chi connectivity index (χ1n) is 11.1. The van der Waals surface area contributed by atoms with Crippen LogP contribution in [0.2, 0.25) is 0 Å². The monoisotopic (exact) mass is 477 g/mol. The molecule has 0 spiro atoms. The third-order valence-electron chi connectivity index (χ3n) is 5.41. The Labute approximate surface area is 202 Å². The number of nitrogens with zero attached hydrogens (tertiary/aromatic N) is 2. The molecule has 2 amide bonds. The summed E-state index contributed by atoms with van der Waals surface area (Å²) in [6.45, 7) is 6.56. The number of fused-ring (bicyclic) bond motifs is 1. The predicted molar refractivity (Wildman–Crippen MR) is 132 cm³/mol. The number of furan rings is 1. The molecule has 4 aromatic rings. The number of carbonyl (C=O) groups excluding carboxylic acids is 2. The molecule has 0 radical (unpaired) electrons. The number of hydrogen-bond acceptors (Lipinski definition) is 6. The third kappa shape index (κ3) is 5.86. The van der Waals surface area contributed by atoms with E-state index in [0.29, 0.717) is 23.6 Å². The number of aromatic amines is 1. The Morgan fingerprint density at radius 1 is 0.971 bits per heavy atom. The average molecular weight is 478 g/mol. The van der Waals surface area contributed by atoms with Gasteiger partial charge in [0.15, 0.2) is 10.9 Å². The fourth-order valence-corrected chi connectivity index (χ4v) is 4.24. The van der Waals surface area contributed by atoms with Crippen LogP contribution in [0.3, 0.4) is 0 Å². The second kappa shape index (κ2) is 11.0. The molecule has 3 N–H and O–H groups in total. The van der Waals surface area contributed by atoms with Crippen LogP contribution in [0.15, 0.2) is 70.2 Å². The highest BCUT2D eigenvalue weighted by Gasteiger charge is 2.14. The summed E-state index contributed by atoms with van der Waals surface area (Å²) in [6.07, 6.45) is 0. The summed E-state index contributed by atoms with van der Waals surface area (Å²) in [7, 11) is 0. The lowest BCUT2D eigenvalue weighted by atomic mass is 10.1. The first-order valence-corrected chi connectivity index (χ1v) is 12.1. The second-order valence-electron chi connectivity index (χ2n) is 7.68. The first kappa shape index (κ1) is 23.6. The van der Waals surface area contributed by atoms with E-state index in [-0.39, 0.29) is 5.76 Å². The molecule has 0 unspecified atom stereocenters. The van der Waals surface area contributed by atoms with Crippen LogP contribution in [0.1, 0.15) is 46.1 Å². The van der Waals surface area contributed by atoms with E-state index in [1.807, 2.05) is 36.4 Å². The lowest BCUT2D eigenvalue weighted by molar-refractivity contribution is 0.0829. The molecule has 9 heteroatoms. The van der Waals surface area contributed by atoms with Crippen molar-refractivity contribution >= 4 is 34.6 Å². The average Bonchev–Trinajstić information content (AvgIpc) is 3.51. The SMILES string of the molecule is CCN(CC)Cc1ccc(C(=O)NNC(=O)c2ccc(CSc3nc4ccccc4[nH]3)cc2)o1. The molecule has 0 bridgehead atoms. The minimum atomic E-state index is -0.502. The van der Waals surface area contributed by atoms with Crippen molar-refractivity contribution in [3.8, 4) is 0 Å². The highest BCUT2D eigenvalue weighted by atomic mass is 32.2. The number of H-pyrrole nitrogens is 1. The van der Waals surface area contributed by atoms with Gasteiger partial charge in [-0.3, -0.25) is 25.3 Å². The Morgan fingerprint density at radius 3 is 2.44 bits per heavy atom. The van der Waals surface area contributed by atoms with Gasteiger partial charge in [-0.2, -0.15) is 0 Å². The lowest BCUT2D eigenvalue weighted by Crippen LogP contribution is -2.41. The summed E-state index contributed by atoms with van der Waals surface area (Å²) in [6, 6.07) is 18.5. The van der Waals surface area contributed by atoms with E-state index in [2.05, 4.69) is 39.6 Å². The zero-order valence-corrected chi connectivity index (χ0v) is 19.9. The van der Waals surface area contributed by atoms with Gasteiger partial charge >= 0.3 is 5.91 Å². The Balaban J connectivity index is 1.26. The largest absolute Gasteiger partial charge is 0.454 e. The van der Waals surface area contributed by atoms with Crippen LogP contribution in [-0.4, -0.2) is 39.8 Å². The molecule has 4 rings (SSSR count). The smallest absolute Gasteiger partial charge is 0.305 e. The lowest BCUT2D eigenvalue weighted by Gasteiger charge is -2.15. The fraction of sp³-hybridized carbons (Fsp3) is 0.240. The van der Waals surface area contributed by atoms with Gasteiger partial charge in [0.1, 0.15) is 5.76 Å². The molecule has 0 saturated carbocycles. The molecule has 0 aliphatic heterocycles. The van der Waals surface area contributed by atoms with Crippen LogP contribution in [0.25, 0.3) is 11.0 Å². The molecule has 8 nitrogen and oxygen atoms in total. The van der Waals surface area contributed by atoms with Gasteiger partial charge in [-0.05, 0) is 55.1 Å². The Kier molecular flexibility index (Phi) is 7.66. The molecule has 0 saturated heterocycles. The Bertz CT molecular complexity index is 1230. The summed E-state index contributed by atoms with van der Waals surface area (Å²) in [5.74, 6) is 0.668. The van der Waals surface area contributed by atoms with Crippen LogP contribution in [0.5, 0.6) is 0 Å². The molecule has 0 aliphatic rings. The van der Waals surface area contributed by atoms with Crippen LogP contribution in [-0.2, 0) is 12.3 Å². The van der Waals surface area contributed by atoms with Crippen molar-refractivity contribution < 1.29 is 14.0 Å². The van der Waals surface area contributed by atoms with E-state index >= 15 is 0 Å². The van der Waals surface area contributed by atoms with Crippen molar-refractivity contribution in [2.24, 2.45) is 0 Å². The van der Waals surface area contributed by atoms with Gasteiger partial charge in [0.2, 0.25) is 0 Å². The Hall–Kier alpha value is -3.56. The number of thioether (sulfide) groups is 1. The molecule has 0 atom stereocenters. The summed E-state index contributed by atoms with van der Waals surface area (Å²) in [5, 5.41) is 0.851. The van der Waals surface area contributed by atoms with Gasteiger partial charge in [-0.1, -0.05) is 49.9 Å². The number of aromatic nitrogens is 2. The number of benzene rings is 2. The molecule has 0 fully saturated rings. The van der Waals surface area contributed by atoms with Gasteiger partial charge in [-0.25, -0.2) is 4.98 Å². The number of hydrogen-bond donors (Lipinski definition) is 3. The standard InChI is InChI=1S/C25H27N5O3S/c1-3-30(4-2)15-19-13-14-22(33-19)24(32)29-28-23(31)18-11-9-17(10-12-18)16-34-25-26-20-7-5-6-8-21(20)27-25/h5-14H,3-4,15-16H2,1-2H3,(H,26,27)(H,28,31)(H,29,32). The molecule has 2 aromatic heterocycles. The number of para-hydroxylation sites is 2. The van der Waals surface area contributed by atoms with E-state index < -0.39 is 11.8 Å². The topological polar surface area (TPSA) is 103 Å². The number of hydrazine groups is 1. The van der Waals surface area contributed by atoms with E-state index in [1.54, 1.807) is 36.0 Å². The third-order valence-corrected chi connectivity index (χ3v) is 6.35. The van der Waals surface area contributed by atoms with Gasteiger partial charge in [0, 0.05) is 11.3 Å². The number of nitrogens with one attached hydrogen (secondary N) is 3. The van der Waals surface area contributed by atoms with Crippen LogP contribution in [0.4, 0.5) is 0 Å². The van der Waals surface area contributed by atoms with E-state index in [0.717, 1.165) is 34.8 Å². The number of rotatable bonds is 9. The van der Waals surface area contributed by atoms with E-state index in [1.165, 1.54) is 0 Å². The van der Waals surface area contributed by atoms with Crippen molar-refractivity contribution in [2.75, 3.05) is 13.1 Å². The summed E-state index contributed by atoms with van der Waals surface area (Å²) < 4.78 is 5.60. The molecular formula is C25H27N5O3S. The Morgan fingerprint density at radius 2 is 1.71 bits per heavy atom. The molecule has 2 aromatic carbocycles. The minimum absolute atomic E-state index is 0.153. The van der Waals surface area contributed by atoms with Crippen molar-refractivity contribution in [2.45, 2.75) is 31.3 Å². The van der Waals surface area contributed by atoms with Crippen molar-refractivity contribution in [1.82, 2.24) is 25.7 Å². The van der Waals surface area contributed by atoms with Crippen LogP contribution >= 0.6 is 11.8 Å². The summed E-state index contributed by atoms with van der Waals surface area (Å²) in [5.41, 5.74) is 8.28. The van der Waals surface area contributed by atoms with Crippen LogP contribution in [0, 0.1) is 0 Å². The normalized spacial score (nSPS) is 11.1.